The van der Waals surface area contributed by atoms with Gasteiger partial charge in [0, 0.05) is 73.0 Å². The predicted molar refractivity (Wildman–Crippen MR) is 210 cm³/mol. The van der Waals surface area contributed by atoms with E-state index in [1.807, 2.05) is 48.5 Å². The van der Waals surface area contributed by atoms with Gasteiger partial charge < -0.3 is 26.2 Å². The molecule has 8 nitrogen and oxygen atoms in total. The van der Waals surface area contributed by atoms with Crippen LogP contribution < -0.4 is 16.0 Å². The number of nitrogens with one attached hydrogen (secondary N) is 3. The Labute approximate surface area is 318 Å². The Morgan fingerprint density at radius 3 is 1.52 bits per heavy atom. The van der Waals surface area contributed by atoms with Crippen LogP contribution in [-0.2, 0) is 12.4 Å². The van der Waals surface area contributed by atoms with E-state index in [0.29, 0.717) is 27.1 Å². The summed E-state index contributed by atoms with van der Waals surface area (Å²) >= 11 is 17.3. The lowest BCUT2D eigenvalue weighted by Crippen LogP contribution is -2.21. The number of likely N-dealkylation sites (tertiary alicyclic amines) is 1. The normalized spacial score (nSPS) is 16.1. The molecule has 4 aromatic carbocycles. The minimum atomic E-state index is -0.201. The molecule has 267 valence electrons. The van der Waals surface area contributed by atoms with Gasteiger partial charge in [-0.25, -0.2) is 0 Å². The molecule has 2 fully saturated rings. The maximum Gasteiger partial charge on any atom is 0.255 e. The summed E-state index contributed by atoms with van der Waals surface area (Å²) in [4.78, 5) is 26.3. The van der Waals surface area contributed by atoms with E-state index in [0.717, 1.165) is 62.5 Å². The number of alkyl halides is 1. The second-order valence-electron chi connectivity index (χ2n) is 11.3. The number of aliphatic hydroxyl groups is 2. The molecular weight excluding hydrogens is 717 g/mol. The summed E-state index contributed by atoms with van der Waals surface area (Å²) in [6.07, 6.45) is 1.51. The van der Waals surface area contributed by atoms with E-state index in [-0.39, 0.29) is 52.3 Å². The largest absolute Gasteiger partial charge is 0.392 e. The summed E-state index contributed by atoms with van der Waals surface area (Å²) < 4.78 is 0. The van der Waals surface area contributed by atoms with Crippen LogP contribution >= 0.6 is 47.2 Å². The zero-order valence-corrected chi connectivity index (χ0v) is 29.9. The minimum absolute atomic E-state index is 0. The molecule has 0 bridgehead atoms. The number of halogens is 4. The molecule has 0 aliphatic carbocycles. The number of hydrogen-bond donors (Lipinski definition) is 5. The van der Waals surface area contributed by atoms with Gasteiger partial charge in [0.25, 0.3) is 11.8 Å². The second-order valence-corrected chi connectivity index (χ2v) is 12.4. The molecule has 2 saturated heterocycles. The number of amides is 2. The quantitative estimate of drug-likeness (QED) is 0.0985. The van der Waals surface area contributed by atoms with E-state index in [1.165, 1.54) is 5.56 Å². The predicted octanol–water partition coefficient (Wildman–Crippen LogP) is 7.51. The molecule has 0 aromatic heterocycles. The summed E-state index contributed by atoms with van der Waals surface area (Å²) in [5.41, 5.74) is 4.83. The minimum Gasteiger partial charge on any atom is -0.392 e. The van der Waals surface area contributed by atoms with Crippen molar-refractivity contribution in [1.82, 2.24) is 10.2 Å². The number of benzene rings is 4. The lowest BCUT2D eigenvalue weighted by atomic mass is 10.1. The highest BCUT2D eigenvalue weighted by Crippen LogP contribution is 2.18. The Bertz CT molecular complexity index is 1560. The molecule has 2 aliphatic rings. The first-order valence-electron chi connectivity index (χ1n) is 15.4. The van der Waals surface area contributed by atoms with Crippen LogP contribution in [-0.4, -0.2) is 73.7 Å². The van der Waals surface area contributed by atoms with E-state index < -0.39 is 0 Å². The van der Waals surface area contributed by atoms with Crippen molar-refractivity contribution < 1.29 is 19.8 Å². The molecule has 6 rings (SSSR count). The summed E-state index contributed by atoms with van der Waals surface area (Å²) in [5, 5.41) is 28.1. The van der Waals surface area contributed by atoms with E-state index in [4.69, 9.17) is 39.9 Å². The first-order chi connectivity index (χ1) is 22.7. The van der Waals surface area contributed by atoms with Gasteiger partial charge in [-0.2, -0.15) is 0 Å². The second kappa shape index (κ2) is 23.4. The van der Waals surface area contributed by atoms with E-state index in [9.17, 15) is 14.7 Å². The number of anilines is 2. The fourth-order valence-electron chi connectivity index (χ4n) is 4.83. The van der Waals surface area contributed by atoms with Crippen LogP contribution in [0, 0.1) is 0 Å². The first kappa shape index (κ1) is 44.9. The molecule has 50 heavy (non-hydrogen) atoms. The SMILES string of the molecule is C.Cl.O=C(Nc1ccc(CCl)cc1)c1ccc(Cl)cc1.O=C(Nc1ccc(CN2CCC(O)C2)cc1)c1ccc(Cl)cc1.OC1CCNC1.[B]. The van der Waals surface area contributed by atoms with Gasteiger partial charge in [-0.3, -0.25) is 14.5 Å². The maximum absolute atomic E-state index is 12.1. The highest BCUT2D eigenvalue weighted by atomic mass is 35.5. The van der Waals surface area contributed by atoms with Crippen LogP contribution in [0.25, 0.3) is 0 Å². The van der Waals surface area contributed by atoms with E-state index >= 15 is 0 Å². The van der Waals surface area contributed by atoms with Crippen LogP contribution in [0.15, 0.2) is 97.1 Å². The number of carbonyl (C=O) groups excluding carboxylic acids is 2. The number of rotatable bonds is 7. The molecule has 2 aliphatic heterocycles. The third-order valence-electron chi connectivity index (χ3n) is 7.48. The maximum atomic E-state index is 12.1. The molecule has 0 spiro atoms. The standard InChI is InChI=1S/C18H19ClN2O2.C14H11Cl2NO.C4H9NO.CH4.B.ClH/c19-15-5-3-14(4-6-15)18(23)20-16-7-1-13(2-8-16)11-21-10-9-17(22)12-21;15-9-10-1-7-13(8-2-10)17-14(18)11-3-5-12(16)6-4-11;6-4-1-2-5-3-4;;;/h1-8,17,22H,9-12H2,(H,20,23);1-8H,9H2,(H,17,18);4-6H,1-3H2;1H4;;1H. The van der Waals surface area contributed by atoms with Crippen molar-refractivity contribution in [2.75, 3.05) is 36.8 Å². The van der Waals surface area contributed by atoms with Crippen molar-refractivity contribution in [3.63, 3.8) is 0 Å². The van der Waals surface area contributed by atoms with Crippen molar-refractivity contribution in [3.05, 3.63) is 129 Å². The van der Waals surface area contributed by atoms with Gasteiger partial charge in [-0.05, 0) is 103 Å². The zero-order valence-electron chi connectivity index (χ0n) is 26.8. The Balaban J connectivity index is 0.000000414. The summed E-state index contributed by atoms with van der Waals surface area (Å²) in [7, 11) is 0. The number of hydrogen-bond acceptors (Lipinski definition) is 6. The van der Waals surface area contributed by atoms with Crippen molar-refractivity contribution >= 4 is 78.8 Å². The molecular formula is C37H44BCl4N4O4. The highest BCUT2D eigenvalue weighted by Gasteiger charge is 2.19. The molecule has 13 heteroatoms. The van der Waals surface area contributed by atoms with Gasteiger partial charge >= 0.3 is 0 Å². The monoisotopic (exact) mass is 759 g/mol. The third kappa shape index (κ3) is 15.4. The fraction of sp³-hybridized carbons (Fsp3) is 0.297. The van der Waals surface area contributed by atoms with Crippen LogP contribution in [0.4, 0.5) is 11.4 Å². The van der Waals surface area contributed by atoms with Crippen LogP contribution in [0.1, 0.15) is 52.1 Å². The molecule has 5 N–H and O–H groups in total. The van der Waals surface area contributed by atoms with Gasteiger partial charge in [0.1, 0.15) is 0 Å². The molecule has 2 atom stereocenters. The molecule has 2 amide bonds. The van der Waals surface area contributed by atoms with Gasteiger partial charge in [-0.15, -0.1) is 24.0 Å². The van der Waals surface area contributed by atoms with Crippen LogP contribution in [0.5, 0.6) is 0 Å². The Morgan fingerprint density at radius 1 is 0.720 bits per heavy atom. The fourth-order valence-corrected chi connectivity index (χ4v) is 5.26. The van der Waals surface area contributed by atoms with Gasteiger partial charge in [-0.1, -0.05) is 54.9 Å². The molecule has 2 heterocycles. The van der Waals surface area contributed by atoms with Crippen molar-refractivity contribution in [1.29, 1.82) is 0 Å². The first-order valence-corrected chi connectivity index (χ1v) is 16.6. The summed E-state index contributed by atoms with van der Waals surface area (Å²) in [6.45, 7) is 4.26. The lowest BCUT2D eigenvalue weighted by Gasteiger charge is -2.15. The topological polar surface area (TPSA) is 114 Å². The van der Waals surface area contributed by atoms with Gasteiger partial charge in [0.15, 0.2) is 0 Å². The van der Waals surface area contributed by atoms with Crippen molar-refractivity contribution in [2.24, 2.45) is 0 Å². The van der Waals surface area contributed by atoms with E-state index in [2.05, 4.69) is 20.9 Å². The van der Waals surface area contributed by atoms with Gasteiger partial charge in [0.2, 0.25) is 0 Å². The smallest absolute Gasteiger partial charge is 0.255 e. The van der Waals surface area contributed by atoms with Crippen LogP contribution in [0.3, 0.4) is 0 Å². The number of carbonyl (C=O) groups is 2. The number of nitrogens with zero attached hydrogens (tertiary/aromatic N) is 1. The van der Waals surface area contributed by atoms with Gasteiger partial charge in [0.05, 0.1) is 12.2 Å². The molecule has 2 unspecified atom stereocenters. The third-order valence-corrected chi connectivity index (χ3v) is 8.29. The Kier molecular flexibility index (Phi) is 21.0. The average Bonchev–Trinajstić information content (AvgIpc) is 3.73. The summed E-state index contributed by atoms with van der Waals surface area (Å²) in [6, 6.07) is 28.8. The number of aliphatic hydroxyl groups excluding tert-OH is 2. The molecule has 4 aromatic rings. The highest BCUT2D eigenvalue weighted by molar-refractivity contribution is 6.31. The Hall–Kier alpha value is -3.12. The summed E-state index contributed by atoms with van der Waals surface area (Å²) in [5.74, 6) is 0.146. The lowest BCUT2D eigenvalue weighted by molar-refractivity contribution is 0.101. The Morgan fingerprint density at radius 2 is 1.18 bits per heavy atom. The number of β-amino-alcohol motifs (C(OH)–C–C–N with tert-alkyl or cyclic N) is 2. The van der Waals surface area contributed by atoms with E-state index in [1.54, 1.807) is 48.5 Å². The van der Waals surface area contributed by atoms with Crippen LogP contribution in [0.2, 0.25) is 10.0 Å². The molecule has 3 radical (unpaired) electrons. The zero-order chi connectivity index (χ0) is 33.6. The van der Waals surface area contributed by atoms with Crippen molar-refractivity contribution in [3.8, 4) is 0 Å². The molecule has 0 saturated carbocycles. The average molecular weight is 761 g/mol. The van der Waals surface area contributed by atoms with Crippen molar-refractivity contribution in [2.45, 2.75) is 44.9 Å².